The number of nitrogens with zero attached hydrogens (tertiary/aromatic N) is 2. The van der Waals surface area contributed by atoms with E-state index in [-0.39, 0.29) is 4.90 Å². The van der Waals surface area contributed by atoms with Crippen molar-refractivity contribution in [3.05, 3.63) is 48.5 Å². The zero-order valence-electron chi connectivity index (χ0n) is 16.4. The molecular weight excluding hydrogens is 390 g/mol. The topological polar surface area (TPSA) is 71.1 Å². The van der Waals surface area contributed by atoms with Crippen LogP contribution < -0.4 is 19.1 Å². The first kappa shape index (κ1) is 20.0. The molecule has 1 saturated heterocycles. The smallest absolute Gasteiger partial charge is 0.240 e. The van der Waals surface area contributed by atoms with Gasteiger partial charge >= 0.3 is 0 Å². The van der Waals surface area contributed by atoms with Crippen LogP contribution in [0, 0.1) is 0 Å². The van der Waals surface area contributed by atoms with Crippen LogP contribution in [0.1, 0.15) is 6.42 Å². The predicted molar refractivity (Wildman–Crippen MR) is 112 cm³/mol. The number of ether oxygens (including phenoxy) is 2. The number of sulfonamides is 1. The van der Waals surface area contributed by atoms with Gasteiger partial charge in [-0.25, -0.2) is 13.1 Å². The molecule has 29 heavy (non-hydrogen) atoms. The maximum absolute atomic E-state index is 12.6. The molecule has 0 unspecified atom stereocenters. The van der Waals surface area contributed by atoms with Crippen LogP contribution in [0.3, 0.4) is 0 Å². The van der Waals surface area contributed by atoms with E-state index in [1.54, 1.807) is 18.2 Å². The van der Waals surface area contributed by atoms with Crippen molar-refractivity contribution in [3.63, 3.8) is 0 Å². The fourth-order valence-electron chi connectivity index (χ4n) is 3.60. The second-order valence-electron chi connectivity index (χ2n) is 7.22. The normalized spacial score (nSPS) is 17.7. The molecule has 2 aliphatic rings. The Morgan fingerprint density at radius 3 is 2.38 bits per heavy atom. The number of benzene rings is 2. The minimum atomic E-state index is -3.58. The summed E-state index contributed by atoms with van der Waals surface area (Å²) in [6.07, 6.45) is 0.784. The molecule has 2 aromatic rings. The molecule has 0 aromatic heterocycles. The standard InChI is InChI=1S/C21H27N3O4S/c25-29(26,19-7-8-20-21(17-19)28-16-4-15-27-20)22-9-10-23-11-13-24(14-12-23)18-5-2-1-3-6-18/h1-3,5-8,17,22H,4,9-16H2. The first-order chi connectivity index (χ1) is 14.1. The molecule has 2 heterocycles. The molecule has 0 bridgehead atoms. The third-order valence-electron chi connectivity index (χ3n) is 5.24. The van der Waals surface area contributed by atoms with Crippen molar-refractivity contribution in [2.75, 3.05) is 57.4 Å². The molecule has 0 atom stereocenters. The zero-order valence-corrected chi connectivity index (χ0v) is 17.2. The lowest BCUT2D eigenvalue weighted by atomic mass is 10.2. The molecule has 156 valence electrons. The van der Waals surface area contributed by atoms with Gasteiger partial charge in [-0.3, -0.25) is 4.90 Å². The van der Waals surface area contributed by atoms with Crippen LogP contribution in [-0.4, -0.2) is 65.8 Å². The third-order valence-corrected chi connectivity index (χ3v) is 6.70. The quantitative estimate of drug-likeness (QED) is 0.775. The van der Waals surface area contributed by atoms with Crippen LogP contribution in [0.2, 0.25) is 0 Å². The lowest BCUT2D eigenvalue weighted by molar-refractivity contribution is 0.262. The van der Waals surface area contributed by atoms with Crippen molar-refractivity contribution in [2.45, 2.75) is 11.3 Å². The monoisotopic (exact) mass is 417 g/mol. The molecule has 0 radical (unpaired) electrons. The van der Waals surface area contributed by atoms with Crippen molar-refractivity contribution in [1.29, 1.82) is 0 Å². The van der Waals surface area contributed by atoms with Crippen molar-refractivity contribution in [1.82, 2.24) is 9.62 Å². The van der Waals surface area contributed by atoms with E-state index in [1.165, 1.54) is 5.69 Å². The highest BCUT2D eigenvalue weighted by molar-refractivity contribution is 7.89. The highest BCUT2D eigenvalue weighted by Crippen LogP contribution is 2.31. The Kier molecular flexibility index (Phi) is 6.22. The molecule has 0 spiro atoms. The molecule has 0 amide bonds. The average molecular weight is 418 g/mol. The molecule has 0 aliphatic carbocycles. The second kappa shape index (κ2) is 9.02. The van der Waals surface area contributed by atoms with Crippen LogP contribution >= 0.6 is 0 Å². The molecule has 2 aromatic carbocycles. The molecule has 8 heteroatoms. The number of nitrogens with one attached hydrogen (secondary N) is 1. The van der Waals surface area contributed by atoms with E-state index in [2.05, 4.69) is 38.8 Å². The number of para-hydroxylation sites is 1. The molecule has 7 nitrogen and oxygen atoms in total. The van der Waals surface area contributed by atoms with Gasteiger partial charge in [-0.2, -0.15) is 0 Å². The zero-order chi connectivity index (χ0) is 20.1. The van der Waals surface area contributed by atoms with E-state index < -0.39 is 10.0 Å². The molecular formula is C21H27N3O4S. The van der Waals surface area contributed by atoms with Gasteiger partial charge in [-0.15, -0.1) is 0 Å². The first-order valence-electron chi connectivity index (χ1n) is 10.0. The van der Waals surface area contributed by atoms with Gasteiger partial charge in [-0.1, -0.05) is 18.2 Å². The van der Waals surface area contributed by atoms with Crippen LogP contribution in [0.5, 0.6) is 11.5 Å². The summed E-state index contributed by atoms with van der Waals surface area (Å²) in [7, 11) is -3.58. The molecule has 4 rings (SSSR count). The van der Waals surface area contributed by atoms with E-state index in [0.717, 1.165) is 32.6 Å². The lowest BCUT2D eigenvalue weighted by Crippen LogP contribution is -2.48. The van der Waals surface area contributed by atoms with Gasteiger partial charge < -0.3 is 14.4 Å². The Bertz CT molecular complexity index is 913. The van der Waals surface area contributed by atoms with Crippen molar-refractivity contribution < 1.29 is 17.9 Å². The highest BCUT2D eigenvalue weighted by Gasteiger charge is 2.20. The summed E-state index contributed by atoms with van der Waals surface area (Å²) >= 11 is 0. The summed E-state index contributed by atoms with van der Waals surface area (Å²) in [5, 5.41) is 0. The maximum Gasteiger partial charge on any atom is 0.240 e. The number of anilines is 1. The van der Waals surface area contributed by atoms with E-state index >= 15 is 0 Å². The van der Waals surface area contributed by atoms with Gasteiger partial charge in [0.25, 0.3) is 0 Å². The average Bonchev–Trinajstić information content (AvgIpc) is 3.00. The predicted octanol–water partition coefficient (Wildman–Crippen LogP) is 1.95. The Labute approximate surface area is 172 Å². The van der Waals surface area contributed by atoms with Crippen LogP contribution in [0.4, 0.5) is 5.69 Å². The van der Waals surface area contributed by atoms with Gasteiger partial charge in [0, 0.05) is 57.4 Å². The van der Waals surface area contributed by atoms with Crippen molar-refractivity contribution >= 4 is 15.7 Å². The van der Waals surface area contributed by atoms with Crippen LogP contribution in [-0.2, 0) is 10.0 Å². The number of piperazine rings is 1. The Balaban J connectivity index is 1.28. The summed E-state index contributed by atoms with van der Waals surface area (Å²) in [5.41, 5.74) is 1.24. The van der Waals surface area contributed by atoms with E-state index in [9.17, 15) is 8.42 Å². The fourth-order valence-corrected chi connectivity index (χ4v) is 4.64. The number of hydrogen-bond acceptors (Lipinski definition) is 6. The maximum atomic E-state index is 12.6. The van der Waals surface area contributed by atoms with Gasteiger partial charge in [0.2, 0.25) is 10.0 Å². The number of rotatable bonds is 6. The van der Waals surface area contributed by atoms with E-state index in [1.807, 2.05) is 6.07 Å². The first-order valence-corrected chi connectivity index (χ1v) is 11.5. The van der Waals surface area contributed by atoms with Crippen molar-refractivity contribution in [3.8, 4) is 11.5 Å². The fraction of sp³-hybridized carbons (Fsp3) is 0.429. The number of fused-ring (bicyclic) bond motifs is 1. The van der Waals surface area contributed by atoms with Crippen LogP contribution in [0.25, 0.3) is 0 Å². The van der Waals surface area contributed by atoms with Gasteiger partial charge in [-0.05, 0) is 24.3 Å². The highest BCUT2D eigenvalue weighted by atomic mass is 32.2. The SMILES string of the molecule is O=S(=O)(NCCN1CCN(c2ccccc2)CC1)c1ccc2c(c1)OCCCO2. The van der Waals surface area contributed by atoms with E-state index in [0.29, 0.717) is 37.8 Å². The van der Waals surface area contributed by atoms with Crippen LogP contribution in [0.15, 0.2) is 53.4 Å². The van der Waals surface area contributed by atoms with E-state index in [4.69, 9.17) is 9.47 Å². The summed E-state index contributed by atoms with van der Waals surface area (Å²) < 4.78 is 39.2. The third kappa shape index (κ3) is 5.01. The minimum absolute atomic E-state index is 0.204. The Morgan fingerprint density at radius 1 is 0.897 bits per heavy atom. The summed E-state index contributed by atoms with van der Waals surface area (Å²) in [5.74, 6) is 1.08. The number of hydrogen-bond donors (Lipinski definition) is 1. The summed E-state index contributed by atoms with van der Waals surface area (Å²) in [6, 6.07) is 15.1. The largest absolute Gasteiger partial charge is 0.490 e. The summed E-state index contributed by atoms with van der Waals surface area (Å²) in [6.45, 7) is 5.89. The second-order valence-corrected chi connectivity index (χ2v) is 8.99. The lowest BCUT2D eigenvalue weighted by Gasteiger charge is -2.36. The summed E-state index contributed by atoms with van der Waals surface area (Å²) in [4.78, 5) is 4.85. The van der Waals surface area contributed by atoms with Gasteiger partial charge in [0.05, 0.1) is 18.1 Å². The molecule has 1 N–H and O–H groups in total. The van der Waals surface area contributed by atoms with Crippen molar-refractivity contribution in [2.24, 2.45) is 0 Å². The van der Waals surface area contributed by atoms with Gasteiger partial charge in [0.1, 0.15) is 0 Å². The Hall–Kier alpha value is -2.29. The Morgan fingerprint density at radius 2 is 1.62 bits per heavy atom. The molecule has 1 fully saturated rings. The molecule has 2 aliphatic heterocycles. The molecule has 0 saturated carbocycles. The minimum Gasteiger partial charge on any atom is -0.490 e. The van der Waals surface area contributed by atoms with Gasteiger partial charge in [0.15, 0.2) is 11.5 Å².